The summed E-state index contributed by atoms with van der Waals surface area (Å²) in [7, 11) is 0. The molecule has 2 amide bonds. The number of carboxylic acid groups (broad SMARTS) is 1. The van der Waals surface area contributed by atoms with Gasteiger partial charge in [0.2, 0.25) is 0 Å². The van der Waals surface area contributed by atoms with Gasteiger partial charge in [0, 0.05) is 12.2 Å². The van der Waals surface area contributed by atoms with Crippen LogP contribution in [0.4, 0.5) is 10.5 Å². The Morgan fingerprint density at radius 1 is 1.38 bits per heavy atom. The number of aromatic nitrogens is 1. The van der Waals surface area contributed by atoms with Crippen LogP contribution in [0.2, 0.25) is 0 Å². The summed E-state index contributed by atoms with van der Waals surface area (Å²) in [6, 6.07) is 5.08. The van der Waals surface area contributed by atoms with Crippen LogP contribution in [0.1, 0.15) is 19.3 Å². The highest BCUT2D eigenvalue weighted by atomic mass is 32.1. The molecule has 1 aromatic heterocycles. The molecule has 0 atom stereocenters. The van der Waals surface area contributed by atoms with Gasteiger partial charge in [0.05, 0.1) is 21.1 Å². The van der Waals surface area contributed by atoms with Crippen LogP contribution in [-0.4, -0.2) is 28.6 Å². The van der Waals surface area contributed by atoms with E-state index in [2.05, 4.69) is 15.6 Å². The van der Waals surface area contributed by atoms with Crippen molar-refractivity contribution in [2.75, 3.05) is 11.9 Å². The average molecular weight is 305 g/mol. The molecule has 1 aliphatic rings. The highest BCUT2D eigenvalue weighted by Gasteiger charge is 2.44. The average Bonchev–Trinajstić information content (AvgIpc) is 2.84. The summed E-state index contributed by atoms with van der Waals surface area (Å²) in [5.41, 5.74) is 2.54. The minimum absolute atomic E-state index is 0.164. The summed E-state index contributed by atoms with van der Waals surface area (Å²) < 4.78 is 0.994. The van der Waals surface area contributed by atoms with Gasteiger partial charge in [-0.1, -0.05) is 6.42 Å². The lowest BCUT2D eigenvalue weighted by molar-refractivity contribution is -0.153. The number of benzene rings is 1. The van der Waals surface area contributed by atoms with Crippen LogP contribution in [0.15, 0.2) is 23.7 Å². The first-order valence-electron chi connectivity index (χ1n) is 6.71. The first kappa shape index (κ1) is 13.8. The maximum atomic E-state index is 11.9. The fourth-order valence-electron chi connectivity index (χ4n) is 2.43. The first-order valence-corrected chi connectivity index (χ1v) is 7.59. The second-order valence-electron chi connectivity index (χ2n) is 5.28. The number of nitrogens with zero attached hydrogens (tertiary/aromatic N) is 1. The van der Waals surface area contributed by atoms with E-state index in [0.29, 0.717) is 18.5 Å². The normalized spacial score (nSPS) is 16.2. The number of anilines is 1. The fraction of sp³-hybridized carbons (Fsp3) is 0.357. The van der Waals surface area contributed by atoms with Gasteiger partial charge < -0.3 is 15.7 Å². The van der Waals surface area contributed by atoms with Gasteiger partial charge in [-0.2, -0.15) is 0 Å². The number of amides is 2. The van der Waals surface area contributed by atoms with E-state index in [1.54, 1.807) is 11.6 Å². The van der Waals surface area contributed by atoms with Crippen LogP contribution in [0, 0.1) is 5.41 Å². The van der Waals surface area contributed by atoms with Gasteiger partial charge in [0.25, 0.3) is 0 Å². The molecule has 6 nitrogen and oxygen atoms in total. The fourth-order valence-corrected chi connectivity index (χ4v) is 3.14. The molecule has 7 heteroatoms. The number of carbonyl (C=O) groups is 2. The summed E-state index contributed by atoms with van der Waals surface area (Å²) in [5.74, 6) is -0.833. The molecule has 21 heavy (non-hydrogen) atoms. The minimum atomic E-state index is -0.833. The molecule has 0 aliphatic heterocycles. The number of nitrogens with one attached hydrogen (secondary N) is 2. The molecule has 1 aromatic carbocycles. The van der Waals surface area contributed by atoms with Crippen LogP contribution in [0.5, 0.6) is 0 Å². The molecule has 3 N–H and O–H groups in total. The van der Waals surface area contributed by atoms with E-state index in [1.807, 2.05) is 12.1 Å². The van der Waals surface area contributed by atoms with E-state index in [9.17, 15) is 14.7 Å². The highest BCUT2D eigenvalue weighted by Crippen LogP contribution is 2.40. The maximum Gasteiger partial charge on any atom is 0.319 e. The standard InChI is InChI=1S/C14H15N3O3S/c18-12(19)14(4-1-5-14)7-15-13(20)17-9-2-3-10-11(6-9)21-8-16-10/h2-3,6,8H,1,4-5,7H2,(H,18,19)(H2,15,17,20). The van der Waals surface area contributed by atoms with Crippen LogP contribution < -0.4 is 10.6 Å². The Bertz CT molecular complexity index is 694. The molecular weight excluding hydrogens is 290 g/mol. The zero-order valence-electron chi connectivity index (χ0n) is 11.3. The highest BCUT2D eigenvalue weighted by molar-refractivity contribution is 7.16. The predicted octanol–water partition coefficient (Wildman–Crippen LogP) is 2.67. The SMILES string of the molecule is O=C(NCC1(C(=O)O)CCC1)Nc1ccc2ncsc2c1. The van der Waals surface area contributed by atoms with Crippen LogP contribution in [-0.2, 0) is 4.79 Å². The Morgan fingerprint density at radius 3 is 2.86 bits per heavy atom. The van der Waals surface area contributed by atoms with Gasteiger partial charge in [0.1, 0.15) is 0 Å². The Hall–Kier alpha value is -2.15. The number of carbonyl (C=O) groups excluding carboxylic acids is 1. The van der Waals surface area contributed by atoms with Crippen molar-refractivity contribution in [3.05, 3.63) is 23.7 Å². The van der Waals surface area contributed by atoms with Gasteiger partial charge in [-0.25, -0.2) is 9.78 Å². The first-order chi connectivity index (χ1) is 10.1. The largest absolute Gasteiger partial charge is 0.481 e. The van der Waals surface area contributed by atoms with E-state index < -0.39 is 11.4 Å². The Labute approximate surface area is 125 Å². The summed E-state index contributed by atoms with van der Waals surface area (Å²) in [4.78, 5) is 27.3. The maximum absolute atomic E-state index is 11.9. The van der Waals surface area contributed by atoms with E-state index >= 15 is 0 Å². The summed E-state index contributed by atoms with van der Waals surface area (Å²) in [6.45, 7) is 0.164. The second-order valence-corrected chi connectivity index (χ2v) is 6.17. The number of urea groups is 1. The topological polar surface area (TPSA) is 91.3 Å². The third-order valence-electron chi connectivity index (χ3n) is 3.94. The Kier molecular flexibility index (Phi) is 3.50. The van der Waals surface area contributed by atoms with Crippen molar-refractivity contribution in [1.29, 1.82) is 0 Å². The molecule has 1 aliphatic carbocycles. The van der Waals surface area contributed by atoms with E-state index in [0.717, 1.165) is 16.6 Å². The van der Waals surface area contributed by atoms with Crippen molar-refractivity contribution in [1.82, 2.24) is 10.3 Å². The van der Waals surface area contributed by atoms with E-state index in [4.69, 9.17) is 0 Å². The number of carboxylic acids is 1. The Balaban J connectivity index is 1.60. The molecular formula is C14H15N3O3S. The molecule has 0 bridgehead atoms. The molecule has 0 unspecified atom stereocenters. The van der Waals surface area contributed by atoms with Crippen molar-refractivity contribution in [3.8, 4) is 0 Å². The van der Waals surface area contributed by atoms with Crippen molar-refractivity contribution in [3.63, 3.8) is 0 Å². The van der Waals surface area contributed by atoms with Gasteiger partial charge in [-0.05, 0) is 31.0 Å². The molecule has 1 saturated carbocycles. The number of aliphatic carboxylic acids is 1. The number of hydrogen-bond donors (Lipinski definition) is 3. The van der Waals surface area contributed by atoms with Crippen molar-refractivity contribution in [2.24, 2.45) is 5.41 Å². The van der Waals surface area contributed by atoms with Crippen molar-refractivity contribution >= 4 is 39.2 Å². The third-order valence-corrected chi connectivity index (χ3v) is 4.73. The van der Waals surface area contributed by atoms with Crippen molar-refractivity contribution < 1.29 is 14.7 Å². The molecule has 1 fully saturated rings. The lowest BCUT2D eigenvalue weighted by atomic mass is 9.69. The molecule has 110 valence electrons. The van der Waals surface area contributed by atoms with Gasteiger partial charge in [0.15, 0.2) is 0 Å². The number of hydrogen-bond acceptors (Lipinski definition) is 4. The summed E-state index contributed by atoms with van der Waals surface area (Å²) >= 11 is 1.50. The molecule has 2 aromatic rings. The van der Waals surface area contributed by atoms with Crippen molar-refractivity contribution in [2.45, 2.75) is 19.3 Å². The smallest absolute Gasteiger partial charge is 0.319 e. The van der Waals surface area contributed by atoms with Gasteiger partial charge in [-0.15, -0.1) is 11.3 Å². The Morgan fingerprint density at radius 2 is 2.19 bits per heavy atom. The van der Waals surface area contributed by atoms with Gasteiger partial charge >= 0.3 is 12.0 Å². The lowest BCUT2D eigenvalue weighted by Crippen LogP contribution is -2.48. The van der Waals surface area contributed by atoms with Crippen LogP contribution in [0.3, 0.4) is 0 Å². The molecule has 0 spiro atoms. The number of rotatable bonds is 4. The lowest BCUT2D eigenvalue weighted by Gasteiger charge is -2.37. The molecule has 1 heterocycles. The molecule has 3 rings (SSSR count). The third kappa shape index (κ3) is 2.69. The zero-order chi connectivity index (χ0) is 14.9. The van der Waals surface area contributed by atoms with E-state index in [-0.39, 0.29) is 12.6 Å². The summed E-state index contributed by atoms with van der Waals surface area (Å²) in [6.07, 6.45) is 2.14. The second kappa shape index (κ2) is 5.33. The molecule has 0 saturated heterocycles. The quantitative estimate of drug-likeness (QED) is 0.810. The van der Waals surface area contributed by atoms with Gasteiger partial charge in [-0.3, -0.25) is 4.79 Å². The monoisotopic (exact) mass is 305 g/mol. The van der Waals surface area contributed by atoms with E-state index in [1.165, 1.54) is 11.3 Å². The minimum Gasteiger partial charge on any atom is -0.481 e. The van der Waals surface area contributed by atoms with Crippen LogP contribution in [0.25, 0.3) is 10.2 Å². The molecule has 0 radical (unpaired) electrons. The number of thiazole rings is 1. The zero-order valence-corrected chi connectivity index (χ0v) is 12.1. The number of fused-ring (bicyclic) bond motifs is 1. The predicted molar refractivity (Wildman–Crippen MR) is 80.6 cm³/mol. The summed E-state index contributed by atoms with van der Waals surface area (Å²) in [5, 5.41) is 14.6. The van der Waals surface area contributed by atoms with Crippen LogP contribution >= 0.6 is 11.3 Å².